The Labute approximate surface area is 223 Å². The van der Waals surface area contributed by atoms with Gasteiger partial charge in [0.05, 0.1) is 17.9 Å². The van der Waals surface area contributed by atoms with Crippen LogP contribution in [0.5, 0.6) is 0 Å². The lowest BCUT2D eigenvalue weighted by Crippen LogP contribution is -2.67. The molecule has 3 fully saturated rings. The van der Waals surface area contributed by atoms with Gasteiger partial charge in [0, 0.05) is 73.5 Å². The molecule has 0 spiro atoms. The second-order valence-corrected chi connectivity index (χ2v) is 10.7. The summed E-state index contributed by atoms with van der Waals surface area (Å²) >= 11 is 0. The summed E-state index contributed by atoms with van der Waals surface area (Å²) in [4.78, 5) is 15.9. The monoisotopic (exact) mass is 509 g/mol. The van der Waals surface area contributed by atoms with Crippen LogP contribution in [0.25, 0.3) is 22.4 Å². The van der Waals surface area contributed by atoms with Crippen LogP contribution in [-0.4, -0.2) is 50.6 Å². The van der Waals surface area contributed by atoms with Crippen molar-refractivity contribution in [1.82, 2.24) is 30.2 Å². The molecule has 7 rings (SSSR count). The Hall–Kier alpha value is -3.91. The maximum absolute atomic E-state index is 13.5. The first kappa shape index (κ1) is 24.4. The fourth-order valence-corrected chi connectivity index (χ4v) is 5.61. The van der Waals surface area contributed by atoms with Crippen LogP contribution in [0.15, 0.2) is 61.1 Å². The molecule has 8 heteroatoms. The van der Waals surface area contributed by atoms with E-state index in [1.165, 1.54) is 6.42 Å². The summed E-state index contributed by atoms with van der Waals surface area (Å²) in [6.07, 6.45) is 7.12. The third kappa shape index (κ3) is 4.72. The lowest BCUT2D eigenvalue weighted by molar-refractivity contribution is 0.0939. The highest BCUT2D eigenvalue weighted by molar-refractivity contribution is 5.97. The largest absolute Gasteiger partial charge is 0.368 e. The normalized spacial score (nSPS) is 19.2. The Kier molecular flexibility index (Phi) is 6.27. The molecule has 3 saturated heterocycles. The number of nitrogens with one attached hydrogen (secondary N) is 2. The molecule has 0 saturated carbocycles. The lowest BCUT2D eigenvalue weighted by atomic mass is 9.90. The van der Waals surface area contributed by atoms with Gasteiger partial charge in [-0.05, 0) is 80.3 Å². The number of carbonyl (C=O) groups is 1. The minimum Gasteiger partial charge on any atom is -0.368 e. The van der Waals surface area contributed by atoms with E-state index >= 15 is 0 Å². The third-order valence-electron chi connectivity index (χ3n) is 7.85. The summed E-state index contributed by atoms with van der Waals surface area (Å²) in [7, 11) is 1.92. The summed E-state index contributed by atoms with van der Waals surface area (Å²) in [6, 6.07) is 15.6. The number of hydrogen-bond acceptors (Lipinski definition) is 5. The van der Waals surface area contributed by atoms with E-state index in [4.69, 9.17) is 5.10 Å². The lowest BCUT2D eigenvalue weighted by Gasteiger charge is -2.49. The number of anilines is 1. The van der Waals surface area contributed by atoms with Crippen molar-refractivity contribution in [3.63, 3.8) is 0 Å². The SMILES string of the molecule is CCn1ccc(-c2cc(-c3cnn(C)c3)cc([C@@H](C)NC(=O)c3cc(N4CC5CC(C4)N5)ccc3C)c2)n1. The zero-order chi connectivity index (χ0) is 26.4. The Morgan fingerprint density at radius 2 is 1.87 bits per heavy atom. The van der Waals surface area contributed by atoms with Crippen molar-refractivity contribution in [2.75, 3.05) is 18.0 Å². The van der Waals surface area contributed by atoms with E-state index < -0.39 is 0 Å². The molecule has 8 nitrogen and oxygen atoms in total. The van der Waals surface area contributed by atoms with Gasteiger partial charge in [-0.2, -0.15) is 10.2 Å². The van der Waals surface area contributed by atoms with E-state index in [1.807, 2.05) is 50.2 Å². The summed E-state index contributed by atoms with van der Waals surface area (Å²) in [5.74, 6) is -0.0549. The number of nitrogens with zero attached hydrogens (tertiary/aromatic N) is 5. The Morgan fingerprint density at radius 3 is 2.55 bits per heavy atom. The van der Waals surface area contributed by atoms with Crippen molar-refractivity contribution < 1.29 is 4.79 Å². The highest BCUT2D eigenvalue weighted by Crippen LogP contribution is 2.31. The van der Waals surface area contributed by atoms with Crippen molar-refractivity contribution in [3.05, 3.63) is 77.7 Å². The minimum absolute atomic E-state index is 0.0549. The molecular weight excluding hydrogens is 474 g/mol. The van der Waals surface area contributed by atoms with Crippen LogP contribution in [0, 0.1) is 6.92 Å². The van der Waals surface area contributed by atoms with Gasteiger partial charge in [-0.25, -0.2) is 0 Å². The molecule has 2 unspecified atom stereocenters. The number of fused-ring (bicyclic) bond motifs is 2. The molecule has 0 radical (unpaired) electrons. The van der Waals surface area contributed by atoms with Gasteiger partial charge >= 0.3 is 0 Å². The molecule has 2 N–H and O–H groups in total. The van der Waals surface area contributed by atoms with Gasteiger partial charge in [0.2, 0.25) is 0 Å². The Morgan fingerprint density at radius 1 is 1.11 bits per heavy atom. The van der Waals surface area contributed by atoms with Gasteiger partial charge in [-0.15, -0.1) is 0 Å². The summed E-state index contributed by atoms with van der Waals surface area (Å²) in [5, 5.41) is 15.9. The molecule has 38 heavy (non-hydrogen) atoms. The number of carbonyl (C=O) groups excluding carboxylic acids is 1. The molecule has 3 aliphatic rings. The second kappa shape index (κ2) is 9.76. The van der Waals surface area contributed by atoms with Crippen LogP contribution in [0.2, 0.25) is 0 Å². The molecule has 2 bridgehead atoms. The van der Waals surface area contributed by atoms with Crippen molar-refractivity contribution in [2.45, 2.75) is 51.9 Å². The van der Waals surface area contributed by atoms with Gasteiger partial charge in [0.15, 0.2) is 0 Å². The molecule has 5 heterocycles. The number of benzene rings is 2. The summed E-state index contributed by atoms with van der Waals surface area (Å²) < 4.78 is 3.73. The number of rotatable bonds is 7. The average molecular weight is 510 g/mol. The first-order valence-corrected chi connectivity index (χ1v) is 13.5. The van der Waals surface area contributed by atoms with E-state index in [1.54, 1.807) is 4.68 Å². The Bertz CT molecular complexity index is 1470. The predicted octanol–water partition coefficient (Wildman–Crippen LogP) is 4.32. The second-order valence-electron chi connectivity index (χ2n) is 10.7. The van der Waals surface area contributed by atoms with Crippen molar-refractivity contribution in [2.24, 2.45) is 7.05 Å². The van der Waals surface area contributed by atoms with E-state index in [0.29, 0.717) is 12.1 Å². The zero-order valence-electron chi connectivity index (χ0n) is 22.5. The third-order valence-corrected chi connectivity index (χ3v) is 7.85. The maximum Gasteiger partial charge on any atom is 0.252 e. The molecule has 0 aliphatic carbocycles. The highest BCUT2D eigenvalue weighted by Gasteiger charge is 2.36. The van der Waals surface area contributed by atoms with E-state index in [0.717, 1.165) is 64.4 Å². The molecule has 196 valence electrons. The van der Waals surface area contributed by atoms with E-state index in [-0.39, 0.29) is 11.9 Å². The van der Waals surface area contributed by atoms with Gasteiger partial charge < -0.3 is 15.5 Å². The van der Waals surface area contributed by atoms with Gasteiger partial charge in [-0.1, -0.05) is 6.07 Å². The van der Waals surface area contributed by atoms with Gasteiger partial charge in [0.1, 0.15) is 0 Å². The molecule has 3 atom stereocenters. The molecule has 2 aromatic heterocycles. The number of aryl methyl sites for hydroxylation is 3. The van der Waals surface area contributed by atoms with Crippen molar-refractivity contribution in [3.8, 4) is 22.4 Å². The minimum atomic E-state index is -0.194. The number of aromatic nitrogens is 4. The van der Waals surface area contributed by atoms with Crippen LogP contribution in [0.3, 0.4) is 0 Å². The molecule has 3 aliphatic heterocycles. The van der Waals surface area contributed by atoms with Gasteiger partial charge in [-0.3, -0.25) is 14.2 Å². The van der Waals surface area contributed by atoms with E-state index in [2.05, 4.69) is 64.0 Å². The maximum atomic E-state index is 13.5. The zero-order valence-corrected chi connectivity index (χ0v) is 22.5. The van der Waals surface area contributed by atoms with Crippen molar-refractivity contribution in [1.29, 1.82) is 0 Å². The van der Waals surface area contributed by atoms with Crippen LogP contribution < -0.4 is 15.5 Å². The molecule has 1 amide bonds. The molecular formula is C30H35N7O. The highest BCUT2D eigenvalue weighted by atomic mass is 16.1. The number of hydrogen-bond donors (Lipinski definition) is 2. The summed E-state index contributed by atoms with van der Waals surface area (Å²) in [6.45, 7) is 8.92. The van der Waals surface area contributed by atoms with Crippen LogP contribution in [-0.2, 0) is 13.6 Å². The first-order chi connectivity index (χ1) is 18.4. The number of piperidine rings is 1. The van der Waals surface area contributed by atoms with E-state index in [9.17, 15) is 4.79 Å². The molecule has 4 aromatic rings. The van der Waals surface area contributed by atoms with Gasteiger partial charge in [0.25, 0.3) is 5.91 Å². The average Bonchev–Trinajstić information content (AvgIpc) is 3.57. The number of amides is 1. The predicted molar refractivity (Wildman–Crippen MR) is 150 cm³/mol. The summed E-state index contributed by atoms with van der Waals surface area (Å²) in [5.41, 5.74) is 7.87. The topological polar surface area (TPSA) is 80.0 Å². The fraction of sp³-hybridized carbons (Fsp3) is 0.367. The quantitative estimate of drug-likeness (QED) is 0.388. The number of piperazine rings is 1. The van der Waals surface area contributed by atoms with Crippen LogP contribution in [0.1, 0.15) is 47.8 Å². The molecule has 2 aromatic carbocycles. The fourth-order valence-electron chi connectivity index (χ4n) is 5.61. The van der Waals surface area contributed by atoms with Crippen LogP contribution >= 0.6 is 0 Å². The smallest absolute Gasteiger partial charge is 0.252 e. The standard InChI is InChI=1S/C30H35N7O/c1-5-37-9-8-29(34-37)23-11-21(10-22(12-23)24-15-31-35(4)16-24)20(3)32-30(38)28-14-27(7-6-19(28)2)36-17-25-13-26(18-36)33-25/h6-12,14-16,20,25-26,33H,5,13,17-18H2,1-4H3,(H,32,38)/t20-,25?,26?/m1/s1. The Balaban J connectivity index is 1.28. The van der Waals surface area contributed by atoms with Crippen molar-refractivity contribution >= 4 is 11.6 Å². The van der Waals surface area contributed by atoms with Crippen LogP contribution in [0.4, 0.5) is 5.69 Å². The first-order valence-electron chi connectivity index (χ1n) is 13.5.